The first-order valence-corrected chi connectivity index (χ1v) is 7.65. The molecule has 0 amide bonds. The van der Waals surface area contributed by atoms with E-state index in [0.29, 0.717) is 5.92 Å². The Labute approximate surface area is 123 Å². The van der Waals surface area contributed by atoms with Crippen molar-refractivity contribution in [3.63, 3.8) is 0 Å². The van der Waals surface area contributed by atoms with E-state index >= 15 is 0 Å². The number of piperidine rings is 1. The van der Waals surface area contributed by atoms with E-state index in [9.17, 15) is 0 Å². The molecule has 0 bridgehead atoms. The van der Waals surface area contributed by atoms with Crippen LogP contribution < -0.4 is 5.73 Å². The van der Waals surface area contributed by atoms with Gasteiger partial charge in [0.25, 0.3) is 0 Å². The topological polar surface area (TPSA) is 38.5 Å². The van der Waals surface area contributed by atoms with Crippen molar-refractivity contribution in [2.45, 2.75) is 44.6 Å². The Morgan fingerprint density at radius 2 is 2.05 bits per heavy atom. The van der Waals surface area contributed by atoms with Gasteiger partial charge in [-0.05, 0) is 62.9 Å². The predicted octanol–water partition coefficient (Wildman–Crippen LogP) is 3.26. The maximum atomic E-state index is 5.74. The van der Waals surface area contributed by atoms with E-state index in [-0.39, 0.29) is 5.60 Å². The Morgan fingerprint density at radius 1 is 1.35 bits per heavy atom. The molecule has 112 valence electrons. The molecule has 1 saturated heterocycles. The van der Waals surface area contributed by atoms with E-state index in [2.05, 4.69) is 30.9 Å². The third-order valence-electron chi connectivity index (χ3n) is 4.61. The Bertz CT molecular complexity index is 418. The minimum atomic E-state index is 0.0443. The van der Waals surface area contributed by atoms with Crippen LogP contribution in [0.1, 0.15) is 44.6 Å². The summed E-state index contributed by atoms with van der Waals surface area (Å²) in [4.78, 5) is 2.54. The summed E-state index contributed by atoms with van der Waals surface area (Å²) in [5.41, 5.74) is 8.01. The van der Waals surface area contributed by atoms with Crippen molar-refractivity contribution in [2.24, 2.45) is 0 Å². The van der Waals surface area contributed by atoms with Crippen molar-refractivity contribution in [3.05, 3.63) is 29.8 Å². The maximum Gasteiger partial charge on any atom is 0.0777 e. The molecule has 2 unspecified atom stereocenters. The average molecular weight is 276 g/mol. The van der Waals surface area contributed by atoms with Gasteiger partial charge in [0.2, 0.25) is 0 Å². The van der Waals surface area contributed by atoms with E-state index in [1.807, 2.05) is 19.2 Å². The van der Waals surface area contributed by atoms with E-state index < -0.39 is 0 Å². The van der Waals surface area contributed by atoms with Crippen LogP contribution in [0.5, 0.6) is 0 Å². The molecule has 0 aliphatic carbocycles. The number of benzene rings is 1. The van der Waals surface area contributed by atoms with Gasteiger partial charge in [-0.25, -0.2) is 0 Å². The first-order valence-electron chi connectivity index (χ1n) is 7.65. The van der Waals surface area contributed by atoms with Gasteiger partial charge in [0.15, 0.2) is 0 Å². The Kier molecular flexibility index (Phi) is 5.06. The second-order valence-corrected chi connectivity index (χ2v) is 6.39. The first kappa shape index (κ1) is 15.3. The molecule has 1 aliphatic heterocycles. The highest BCUT2D eigenvalue weighted by Crippen LogP contribution is 2.26. The fourth-order valence-corrected chi connectivity index (χ4v) is 3.03. The molecule has 0 aromatic heterocycles. The van der Waals surface area contributed by atoms with Gasteiger partial charge in [0, 0.05) is 19.3 Å². The number of likely N-dealkylation sites (tertiary alicyclic amines) is 1. The van der Waals surface area contributed by atoms with Gasteiger partial charge in [-0.3, -0.25) is 0 Å². The lowest BCUT2D eigenvalue weighted by molar-refractivity contribution is -0.0510. The van der Waals surface area contributed by atoms with Crippen molar-refractivity contribution >= 4 is 5.69 Å². The summed E-state index contributed by atoms with van der Waals surface area (Å²) in [6, 6.07) is 8.29. The van der Waals surface area contributed by atoms with Crippen LogP contribution in [-0.2, 0) is 4.74 Å². The van der Waals surface area contributed by atoms with E-state index in [0.717, 1.165) is 18.8 Å². The standard InChI is InChI=1S/C17H28N2O/c1-14(15-5-7-16(18)8-6-15)9-12-19-11-4-10-17(2,13-19)20-3/h5-8,14H,4,9-13,18H2,1-3H3. The van der Waals surface area contributed by atoms with E-state index in [4.69, 9.17) is 10.5 Å². The van der Waals surface area contributed by atoms with Crippen LogP contribution >= 0.6 is 0 Å². The molecule has 3 heteroatoms. The van der Waals surface area contributed by atoms with Gasteiger partial charge < -0.3 is 15.4 Å². The maximum absolute atomic E-state index is 5.74. The molecule has 1 aliphatic rings. The van der Waals surface area contributed by atoms with Crippen LogP contribution in [0.3, 0.4) is 0 Å². The van der Waals surface area contributed by atoms with Crippen molar-refractivity contribution in [1.82, 2.24) is 4.90 Å². The van der Waals surface area contributed by atoms with Gasteiger partial charge >= 0.3 is 0 Å². The van der Waals surface area contributed by atoms with Crippen molar-refractivity contribution < 1.29 is 4.74 Å². The third-order valence-corrected chi connectivity index (χ3v) is 4.61. The van der Waals surface area contributed by atoms with Crippen molar-refractivity contribution in [1.29, 1.82) is 0 Å². The average Bonchev–Trinajstić information content (AvgIpc) is 2.46. The van der Waals surface area contributed by atoms with Crippen LogP contribution in [0.15, 0.2) is 24.3 Å². The molecule has 2 N–H and O–H groups in total. The fraction of sp³-hybridized carbons (Fsp3) is 0.647. The molecule has 3 nitrogen and oxygen atoms in total. The van der Waals surface area contributed by atoms with Gasteiger partial charge in [0.1, 0.15) is 0 Å². The van der Waals surface area contributed by atoms with Crippen LogP contribution in [-0.4, -0.2) is 37.2 Å². The lowest BCUT2D eigenvalue weighted by Crippen LogP contribution is -2.47. The lowest BCUT2D eigenvalue weighted by Gasteiger charge is -2.39. The molecule has 2 rings (SSSR count). The zero-order valence-corrected chi connectivity index (χ0v) is 13.1. The second kappa shape index (κ2) is 6.59. The molecule has 0 spiro atoms. The van der Waals surface area contributed by atoms with Gasteiger partial charge in [0.05, 0.1) is 5.60 Å². The number of methoxy groups -OCH3 is 1. The quantitative estimate of drug-likeness (QED) is 0.839. The highest BCUT2D eigenvalue weighted by Gasteiger charge is 2.30. The zero-order valence-electron chi connectivity index (χ0n) is 13.1. The third kappa shape index (κ3) is 3.97. The first-order chi connectivity index (χ1) is 9.52. The molecule has 1 heterocycles. The van der Waals surface area contributed by atoms with Crippen molar-refractivity contribution in [3.8, 4) is 0 Å². The molecule has 0 radical (unpaired) electrons. The number of hydrogen-bond acceptors (Lipinski definition) is 3. The zero-order chi connectivity index (χ0) is 14.6. The van der Waals surface area contributed by atoms with Crippen molar-refractivity contribution in [2.75, 3.05) is 32.5 Å². The summed E-state index contributed by atoms with van der Waals surface area (Å²) in [6.07, 6.45) is 3.60. The predicted molar refractivity (Wildman–Crippen MR) is 85.0 cm³/mol. The minimum absolute atomic E-state index is 0.0443. The van der Waals surface area contributed by atoms with E-state index in [1.54, 1.807) is 0 Å². The summed E-state index contributed by atoms with van der Waals surface area (Å²) in [6.45, 7) is 7.92. The summed E-state index contributed by atoms with van der Waals surface area (Å²) in [5, 5.41) is 0. The summed E-state index contributed by atoms with van der Waals surface area (Å²) in [7, 11) is 1.83. The number of anilines is 1. The summed E-state index contributed by atoms with van der Waals surface area (Å²) >= 11 is 0. The monoisotopic (exact) mass is 276 g/mol. The number of nitrogens with zero attached hydrogens (tertiary/aromatic N) is 1. The molecule has 20 heavy (non-hydrogen) atoms. The lowest BCUT2D eigenvalue weighted by atomic mass is 9.93. The fourth-order valence-electron chi connectivity index (χ4n) is 3.03. The molecular formula is C17H28N2O. The largest absolute Gasteiger partial charge is 0.399 e. The van der Waals surface area contributed by atoms with Crippen LogP contribution in [0.2, 0.25) is 0 Å². The minimum Gasteiger partial charge on any atom is -0.399 e. The smallest absolute Gasteiger partial charge is 0.0777 e. The number of ether oxygens (including phenoxy) is 1. The number of nitrogen functional groups attached to an aromatic ring is 1. The molecule has 1 fully saturated rings. The Hall–Kier alpha value is -1.06. The van der Waals surface area contributed by atoms with Crippen LogP contribution in [0, 0.1) is 0 Å². The van der Waals surface area contributed by atoms with E-state index in [1.165, 1.54) is 31.4 Å². The molecule has 0 saturated carbocycles. The Morgan fingerprint density at radius 3 is 2.70 bits per heavy atom. The molecule has 1 aromatic rings. The van der Waals surface area contributed by atoms with Gasteiger partial charge in [-0.2, -0.15) is 0 Å². The number of hydrogen-bond donors (Lipinski definition) is 1. The molecule has 1 aromatic carbocycles. The van der Waals surface area contributed by atoms with Gasteiger partial charge in [-0.15, -0.1) is 0 Å². The molecular weight excluding hydrogens is 248 g/mol. The molecule has 2 atom stereocenters. The van der Waals surface area contributed by atoms with Crippen LogP contribution in [0.25, 0.3) is 0 Å². The number of rotatable bonds is 5. The SMILES string of the molecule is COC1(C)CCCN(CCC(C)c2ccc(N)cc2)C1. The Balaban J connectivity index is 1.84. The highest BCUT2D eigenvalue weighted by atomic mass is 16.5. The normalized spacial score (nSPS) is 25.6. The number of nitrogens with two attached hydrogens (primary N) is 1. The second-order valence-electron chi connectivity index (χ2n) is 6.39. The van der Waals surface area contributed by atoms with Crippen LogP contribution in [0.4, 0.5) is 5.69 Å². The summed E-state index contributed by atoms with van der Waals surface area (Å²) in [5.74, 6) is 0.575. The summed E-state index contributed by atoms with van der Waals surface area (Å²) < 4.78 is 5.66. The van der Waals surface area contributed by atoms with Gasteiger partial charge in [-0.1, -0.05) is 19.1 Å². The highest BCUT2D eigenvalue weighted by molar-refractivity contribution is 5.40.